The molecule has 3 heterocycles. The largest absolute Gasteiger partial charge is 0.416 e. The van der Waals surface area contributed by atoms with Crippen LogP contribution in [-0.4, -0.2) is 27.3 Å². The number of hydrogen-bond acceptors (Lipinski definition) is 4. The summed E-state index contributed by atoms with van der Waals surface area (Å²) in [6, 6.07) is 16.1. The molecule has 2 aromatic heterocycles. The van der Waals surface area contributed by atoms with Gasteiger partial charge < -0.3 is 10.3 Å². The van der Waals surface area contributed by atoms with Crippen molar-refractivity contribution in [2.75, 3.05) is 12.4 Å². The zero-order chi connectivity index (χ0) is 25.4. The average Bonchev–Trinajstić information content (AvgIpc) is 3.46. The minimum atomic E-state index is -4.56. The van der Waals surface area contributed by atoms with Crippen LogP contribution >= 0.6 is 0 Å². The van der Waals surface area contributed by atoms with E-state index >= 15 is 0 Å². The molecule has 184 valence electrons. The number of hydrazine groups is 1. The molecule has 0 spiro atoms. The lowest BCUT2D eigenvalue weighted by Crippen LogP contribution is -2.28. The highest BCUT2D eigenvalue weighted by atomic mass is 19.4. The van der Waals surface area contributed by atoms with Crippen molar-refractivity contribution >= 4 is 17.4 Å². The molecule has 0 saturated carbocycles. The second-order valence-electron chi connectivity index (χ2n) is 8.60. The molecule has 1 atom stereocenters. The van der Waals surface area contributed by atoms with Gasteiger partial charge in [-0.2, -0.15) is 13.2 Å². The second-order valence-corrected chi connectivity index (χ2v) is 8.60. The number of amides is 1. The van der Waals surface area contributed by atoms with Crippen molar-refractivity contribution in [2.24, 2.45) is 0 Å². The first-order valence-electron chi connectivity index (χ1n) is 11.5. The lowest BCUT2D eigenvalue weighted by atomic mass is 9.97. The number of nitrogens with zero attached hydrogens (tertiary/aromatic N) is 3. The Balaban J connectivity index is 1.56. The molecule has 1 amide bonds. The standard InChI is InChI=1S/C27H24F3N5O/c1-3-17-11-14-35-23(15-17)31-24(18-7-5-4-6-8-18)25(35)32-26(36)19-9-10-21(27(28,29)30)20(16-19)22-12-13-34(2)33-22/h4-16,22,33H,3H2,1-2H3,(H,32,36). The summed E-state index contributed by atoms with van der Waals surface area (Å²) >= 11 is 0. The zero-order valence-corrected chi connectivity index (χ0v) is 19.7. The number of anilines is 1. The van der Waals surface area contributed by atoms with Crippen LogP contribution in [0.4, 0.5) is 19.0 Å². The number of aryl methyl sites for hydroxylation is 1. The van der Waals surface area contributed by atoms with Crippen LogP contribution in [0.5, 0.6) is 0 Å². The fourth-order valence-electron chi connectivity index (χ4n) is 4.32. The molecule has 1 aliphatic heterocycles. The normalized spacial score (nSPS) is 15.6. The fourth-order valence-corrected chi connectivity index (χ4v) is 4.32. The van der Waals surface area contributed by atoms with Crippen molar-refractivity contribution in [2.45, 2.75) is 25.6 Å². The van der Waals surface area contributed by atoms with Crippen molar-refractivity contribution in [1.29, 1.82) is 0 Å². The molecule has 4 aromatic rings. The van der Waals surface area contributed by atoms with Crippen LogP contribution in [0, 0.1) is 0 Å². The Morgan fingerprint density at radius 1 is 1.11 bits per heavy atom. The summed E-state index contributed by atoms with van der Waals surface area (Å²) in [5, 5.41) is 4.48. The highest BCUT2D eigenvalue weighted by Gasteiger charge is 2.36. The number of hydrogen-bond donors (Lipinski definition) is 2. The summed E-state index contributed by atoms with van der Waals surface area (Å²) in [7, 11) is 1.69. The van der Waals surface area contributed by atoms with E-state index in [0.29, 0.717) is 17.2 Å². The van der Waals surface area contributed by atoms with E-state index in [1.807, 2.05) is 55.6 Å². The predicted octanol–water partition coefficient (Wildman–Crippen LogP) is 5.84. The van der Waals surface area contributed by atoms with Crippen LogP contribution in [0.3, 0.4) is 0 Å². The number of benzene rings is 2. The molecule has 0 fully saturated rings. The number of nitrogens with one attached hydrogen (secondary N) is 2. The zero-order valence-electron chi connectivity index (χ0n) is 19.7. The van der Waals surface area contributed by atoms with Crippen LogP contribution < -0.4 is 10.7 Å². The summed E-state index contributed by atoms with van der Waals surface area (Å²) in [5.41, 5.74) is 5.39. The van der Waals surface area contributed by atoms with E-state index in [9.17, 15) is 18.0 Å². The first kappa shape index (κ1) is 23.6. The van der Waals surface area contributed by atoms with Gasteiger partial charge in [-0.05, 0) is 54.0 Å². The monoisotopic (exact) mass is 491 g/mol. The van der Waals surface area contributed by atoms with E-state index in [1.54, 1.807) is 28.7 Å². The van der Waals surface area contributed by atoms with Gasteiger partial charge in [0, 0.05) is 30.6 Å². The molecule has 0 bridgehead atoms. The van der Waals surface area contributed by atoms with Crippen molar-refractivity contribution in [3.05, 3.63) is 101 Å². The molecule has 2 aromatic carbocycles. The highest BCUT2D eigenvalue weighted by Crippen LogP contribution is 2.37. The van der Waals surface area contributed by atoms with E-state index in [2.05, 4.69) is 10.7 Å². The summed E-state index contributed by atoms with van der Waals surface area (Å²) in [5.74, 6) is -0.0808. The lowest BCUT2D eigenvalue weighted by molar-refractivity contribution is -0.138. The van der Waals surface area contributed by atoms with Crippen molar-refractivity contribution in [3.63, 3.8) is 0 Å². The predicted molar refractivity (Wildman–Crippen MR) is 132 cm³/mol. The molecule has 6 nitrogen and oxygen atoms in total. The first-order valence-corrected chi connectivity index (χ1v) is 11.5. The maximum Gasteiger partial charge on any atom is 0.416 e. The number of carbonyl (C=O) groups excluding carboxylic acids is 1. The second kappa shape index (κ2) is 9.16. The number of alkyl halides is 3. The molecule has 0 saturated heterocycles. The van der Waals surface area contributed by atoms with E-state index < -0.39 is 23.7 Å². The van der Waals surface area contributed by atoms with Gasteiger partial charge in [-0.1, -0.05) is 37.3 Å². The number of halogens is 3. The number of carbonyl (C=O) groups is 1. The molecule has 9 heteroatoms. The average molecular weight is 492 g/mol. The van der Waals surface area contributed by atoms with Gasteiger partial charge in [0.1, 0.15) is 17.2 Å². The third-order valence-electron chi connectivity index (χ3n) is 6.18. The SMILES string of the molecule is CCc1ccn2c(NC(=O)c3ccc(C(F)(F)F)c(C4C=CN(C)N4)c3)c(-c3ccccc3)nc2c1. The molecular weight excluding hydrogens is 467 g/mol. The molecule has 0 radical (unpaired) electrons. The van der Waals surface area contributed by atoms with Gasteiger partial charge >= 0.3 is 6.18 Å². The number of fused-ring (bicyclic) bond motifs is 1. The Morgan fingerprint density at radius 3 is 2.56 bits per heavy atom. The highest BCUT2D eigenvalue weighted by molar-refractivity contribution is 6.06. The summed E-state index contributed by atoms with van der Waals surface area (Å²) in [6.07, 6.45) is 1.38. The smallest absolute Gasteiger partial charge is 0.318 e. The molecular formula is C27H24F3N5O. The summed E-state index contributed by atoms with van der Waals surface area (Å²) < 4.78 is 43.0. The Bertz CT molecular complexity index is 1460. The maximum atomic E-state index is 13.7. The lowest BCUT2D eigenvalue weighted by Gasteiger charge is -2.20. The number of pyridine rings is 1. The molecule has 36 heavy (non-hydrogen) atoms. The number of rotatable bonds is 5. The van der Waals surface area contributed by atoms with Crippen LogP contribution in [0.1, 0.15) is 40.0 Å². The van der Waals surface area contributed by atoms with Gasteiger partial charge in [-0.3, -0.25) is 9.20 Å². The van der Waals surface area contributed by atoms with Crippen molar-refractivity contribution < 1.29 is 18.0 Å². The third-order valence-corrected chi connectivity index (χ3v) is 6.18. The molecule has 1 aliphatic rings. The van der Waals surface area contributed by atoms with E-state index in [4.69, 9.17) is 4.98 Å². The van der Waals surface area contributed by atoms with Crippen LogP contribution in [0.25, 0.3) is 16.9 Å². The van der Waals surface area contributed by atoms with Gasteiger partial charge in [0.05, 0.1) is 11.6 Å². The van der Waals surface area contributed by atoms with E-state index in [1.165, 1.54) is 12.1 Å². The summed E-state index contributed by atoms with van der Waals surface area (Å²) in [4.78, 5) is 18.1. The van der Waals surface area contributed by atoms with Crippen molar-refractivity contribution in [3.8, 4) is 11.3 Å². The van der Waals surface area contributed by atoms with Crippen LogP contribution in [0.15, 0.2) is 79.1 Å². The Labute approximate surface area is 206 Å². The van der Waals surface area contributed by atoms with Gasteiger partial charge in [0.2, 0.25) is 0 Å². The Kier molecular flexibility index (Phi) is 6.01. The quantitative estimate of drug-likeness (QED) is 0.368. The first-order chi connectivity index (χ1) is 17.2. The molecule has 5 rings (SSSR count). The van der Waals surface area contributed by atoms with Crippen molar-refractivity contribution in [1.82, 2.24) is 19.8 Å². The van der Waals surface area contributed by atoms with E-state index in [-0.39, 0.29) is 11.1 Å². The third kappa shape index (κ3) is 4.45. The number of aromatic nitrogens is 2. The van der Waals surface area contributed by atoms with Gasteiger partial charge in [0.15, 0.2) is 0 Å². The summed E-state index contributed by atoms with van der Waals surface area (Å²) in [6.45, 7) is 2.05. The molecule has 0 aliphatic carbocycles. The minimum Gasteiger partial charge on any atom is -0.318 e. The van der Waals surface area contributed by atoms with Gasteiger partial charge in [-0.25, -0.2) is 10.4 Å². The Morgan fingerprint density at radius 2 is 1.89 bits per heavy atom. The van der Waals surface area contributed by atoms with E-state index in [0.717, 1.165) is 23.6 Å². The van der Waals surface area contributed by atoms with Crippen LogP contribution in [-0.2, 0) is 12.6 Å². The topological polar surface area (TPSA) is 61.7 Å². The minimum absolute atomic E-state index is 0.0234. The van der Waals surface area contributed by atoms with Gasteiger partial charge in [-0.15, -0.1) is 0 Å². The molecule has 2 N–H and O–H groups in total. The Hall–Kier alpha value is -4.11. The van der Waals surface area contributed by atoms with Gasteiger partial charge in [0.25, 0.3) is 5.91 Å². The number of imidazole rings is 1. The van der Waals surface area contributed by atoms with Crippen LogP contribution in [0.2, 0.25) is 0 Å². The molecule has 1 unspecified atom stereocenters. The maximum absolute atomic E-state index is 13.7. The fraction of sp³-hybridized carbons (Fsp3) is 0.185.